The van der Waals surface area contributed by atoms with Crippen molar-refractivity contribution in [2.24, 2.45) is 5.73 Å². The average Bonchev–Trinajstić information content (AvgIpc) is 2.16. The molecule has 0 aromatic heterocycles. The van der Waals surface area contributed by atoms with E-state index in [9.17, 15) is 4.79 Å². The molecule has 0 atom stereocenters. The molecule has 4 N–H and O–H groups in total. The van der Waals surface area contributed by atoms with Crippen LogP contribution in [0, 0.1) is 11.8 Å². The van der Waals surface area contributed by atoms with Crippen molar-refractivity contribution in [3.8, 4) is 17.6 Å². The molecule has 0 saturated carbocycles. The van der Waals surface area contributed by atoms with E-state index < -0.39 is 5.91 Å². The van der Waals surface area contributed by atoms with Gasteiger partial charge >= 0.3 is 0 Å². The van der Waals surface area contributed by atoms with Crippen LogP contribution in [0.4, 0.5) is 5.69 Å². The number of ether oxygens (including phenoxy) is 1. The molecule has 0 heterocycles. The summed E-state index contributed by atoms with van der Waals surface area (Å²) in [4.78, 5) is 10.4. The summed E-state index contributed by atoms with van der Waals surface area (Å²) >= 11 is 0. The molecule has 0 aliphatic rings. The Morgan fingerprint density at radius 3 is 2.79 bits per heavy atom. The van der Waals surface area contributed by atoms with Crippen LogP contribution in [0.3, 0.4) is 0 Å². The van der Waals surface area contributed by atoms with Crippen molar-refractivity contribution < 1.29 is 9.53 Å². The Bertz CT molecular complexity index is 416. The summed E-state index contributed by atoms with van der Waals surface area (Å²) in [5.41, 5.74) is 11.5. The van der Waals surface area contributed by atoms with Gasteiger partial charge in [0.2, 0.25) is 0 Å². The summed E-state index contributed by atoms with van der Waals surface area (Å²) in [6.45, 7) is 0. The summed E-state index contributed by atoms with van der Waals surface area (Å²) < 4.78 is 4.98. The predicted octanol–water partition coefficient (Wildman–Crippen LogP) is 0.114. The number of carbonyl (C=O) groups excluding carboxylic acids is 1. The summed E-state index contributed by atoms with van der Waals surface area (Å²) in [6.07, 6.45) is 0. The molecule has 72 valence electrons. The van der Waals surface area contributed by atoms with Crippen molar-refractivity contribution in [1.29, 1.82) is 0 Å². The molecular formula is C10H10N2O2. The topological polar surface area (TPSA) is 78.3 Å². The fourth-order valence-electron chi connectivity index (χ4n) is 0.900. The number of nitrogens with two attached hydrogens (primary N) is 2. The first-order valence-corrected chi connectivity index (χ1v) is 3.88. The number of nitrogen functional groups attached to an aromatic ring is 1. The van der Waals surface area contributed by atoms with E-state index in [0.717, 1.165) is 0 Å². The van der Waals surface area contributed by atoms with Gasteiger partial charge in [0, 0.05) is 11.6 Å². The predicted molar refractivity (Wildman–Crippen MR) is 53.5 cm³/mol. The molecule has 0 unspecified atom stereocenters. The quantitative estimate of drug-likeness (QED) is 0.487. The monoisotopic (exact) mass is 190 g/mol. The maximum absolute atomic E-state index is 10.4. The third kappa shape index (κ3) is 2.42. The first-order chi connectivity index (χ1) is 6.63. The lowest BCUT2D eigenvalue weighted by molar-refractivity contribution is -0.112. The highest BCUT2D eigenvalue weighted by Crippen LogP contribution is 2.18. The Labute approximate surface area is 81.8 Å². The van der Waals surface area contributed by atoms with E-state index in [1.54, 1.807) is 18.2 Å². The molecule has 4 heteroatoms. The number of hydrogen-bond acceptors (Lipinski definition) is 3. The summed E-state index contributed by atoms with van der Waals surface area (Å²) in [5.74, 6) is 4.71. The number of amides is 1. The van der Waals surface area contributed by atoms with Crippen LogP contribution >= 0.6 is 0 Å². The molecule has 0 radical (unpaired) electrons. The molecule has 1 aromatic rings. The number of carbonyl (C=O) groups is 1. The summed E-state index contributed by atoms with van der Waals surface area (Å²) in [6, 6.07) is 5.01. The van der Waals surface area contributed by atoms with Gasteiger partial charge in [-0.15, -0.1) is 0 Å². The highest BCUT2D eigenvalue weighted by atomic mass is 16.5. The van der Waals surface area contributed by atoms with Crippen LogP contribution in [0.15, 0.2) is 18.2 Å². The standard InChI is InChI=1S/C10H10N2O2/c1-14-8-3-4-9(11)7(6-8)2-5-10(12)13/h3-4,6H,11H2,1H3,(H2,12,13). The molecule has 0 fully saturated rings. The molecule has 0 aliphatic heterocycles. The second-order valence-electron chi connectivity index (χ2n) is 2.57. The van der Waals surface area contributed by atoms with E-state index in [2.05, 4.69) is 11.8 Å². The maximum Gasteiger partial charge on any atom is 0.293 e. The van der Waals surface area contributed by atoms with E-state index in [-0.39, 0.29) is 0 Å². The normalized spacial score (nSPS) is 8.64. The number of methoxy groups -OCH3 is 1. The summed E-state index contributed by atoms with van der Waals surface area (Å²) in [7, 11) is 1.54. The van der Waals surface area contributed by atoms with Gasteiger partial charge in [0.25, 0.3) is 5.91 Å². The van der Waals surface area contributed by atoms with Gasteiger partial charge in [0.1, 0.15) is 5.75 Å². The van der Waals surface area contributed by atoms with Crippen LogP contribution in [-0.4, -0.2) is 13.0 Å². The van der Waals surface area contributed by atoms with Crippen LogP contribution in [0.2, 0.25) is 0 Å². The second kappa shape index (κ2) is 4.19. The van der Waals surface area contributed by atoms with E-state index in [0.29, 0.717) is 17.0 Å². The zero-order valence-electron chi connectivity index (χ0n) is 7.70. The fraction of sp³-hybridized carbons (Fsp3) is 0.100. The van der Waals surface area contributed by atoms with E-state index in [1.165, 1.54) is 7.11 Å². The molecule has 4 nitrogen and oxygen atoms in total. The number of primary amides is 1. The highest BCUT2D eigenvalue weighted by molar-refractivity contribution is 5.92. The van der Waals surface area contributed by atoms with Crippen LogP contribution in [0.1, 0.15) is 5.56 Å². The summed E-state index contributed by atoms with van der Waals surface area (Å²) in [5, 5.41) is 0. The van der Waals surface area contributed by atoms with Gasteiger partial charge in [-0.1, -0.05) is 5.92 Å². The molecule has 14 heavy (non-hydrogen) atoms. The van der Waals surface area contributed by atoms with Crippen LogP contribution in [0.5, 0.6) is 5.75 Å². The molecule has 1 amide bonds. The van der Waals surface area contributed by atoms with Crippen molar-refractivity contribution >= 4 is 11.6 Å². The molecule has 1 aromatic carbocycles. The molecule has 0 bridgehead atoms. The van der Waals surface area contributed by atoms with E-state index >= 15 is 0 Å². The Hall–Kier alpha value is -2.15. The smallest absolute Gasteiger partial charge is 0.293 e. The lowest BCUT2D eigenvalue weighted by Gasteiger charge is -2.01. The van der Waals surface area contributed by atoms with Gasteiger partial charge in [0.15, 0.2) is 0 Å². The van der Waals surface area contributed by atoms with Gasteiger partial charge in [-0.05, 0) is 18.2 Å². The Morgan fingerprint density at radius 2 is 2.21 bits per heavy atom. The van der Waals surface area contributed by atoms with Crippen LogP contribution in [-0.2, 0) is 4.79 Å². The number of benzene rings is 1. The van der Waals surface area contributed by atoms with Gasteiger partial charge in [-0.2, -0.15) is 0 Å². The number of hydrogen-bond donors (Lipinski definition) is 2. The third-order valence-electron chi connectivity index (χ3n) is 1.58. The fourth-order valence-corrected chi connectivity index (χ4v) is 0.900. The molecule has 0 aliphatic carbocycles. The molecule has 0 saturated heterocycles. The van der Waals surface area contributed by atoms with Crippen molar-refractivity contribution in [1.82, 2.24) is 0 Å². The molecule has 1 rings (SSSR count). The average molecular weight is 190 g/mol. The van der Waals surface area contributed by atoms with Crippen molar-refractivity contribution in [2.75, 3.05) is 12.8 Å². The first kappa shape index (κ1) is 9.93. The lowest BCUT2D eigenvalue weighted by Crippen LogP contribution is -2.06. The van der Waals surface area contributed by atoms with Gasteiger partial charge < -0.3 is 16.2 Å². The molecular weight excluding hydrogens is 180 g/mol. The lowest BCUT2D eigenvalue weighted by atomic mass is 10.2. The Balaban J connectivity index is 3.08. The van der Waals surface area contributed by atoms with Crippen LogP contribution < -0.4 is 16.2 Å². The second-order valence-corrected chi connectivity index (χ2v) is 2.57. The van der Waals surface area contributed by atoms with Gasteiger partial charge in [-0.3, -0.25) is 4.79 Å². The SMILES string of the molecule is COc1ccc(N)c(C#CC(N)=O)c1. The van der Waals surface area contributed by atoms with Crippen LogP contribution in [0.25, 0.3) is 0 Å². The Morgan fingerprint density at radius 1 is 1.50 bits per heavy atom. The third-order valence-corrected chi connectivity index (χ3v) is 1.58. The zero-order chi connectivity index (χ0) is 10.6. The largest absolute Gasteiger partial charge is 0.497 e. The van der Waals surface area contributed by atoms with Crippen molar-refractivity contribution in [3.63, 3.8) is 0 Å². The van der Waals surface area contributed by atoms with Crippen molar-refractivity contribution in [2.45, 2.75) is 0 Å². The van der Waals surface area contributed by atoms with E-state index in [4.69, 9.17) is 16.2 Å². The minimum Gasteiger partial charge on any atom is -0.497 e. The first-order valence-electron chi connectivity index (χ1n) is 3.88. The Kier molecular flexibility index (Phi) is 2.97. The minimum absolute atomic E-state index is 0.486. The molecule has 0 spiro atoms. The number of rotatable bonds is 1. The maximum atomic E-state index is 10.4. The van der Waals surface area contributed by atoms with Gasteiger partial charge in [-0.25, -0.2) is 0 Å². The van der Waals surface area contributed by atoms with Gasteiger partial charge in [0.05, 0.1) is 12.7 Å². The zero-order valence-corrected chi connectivity index (χ0v) is 7.70. The van der Waals surface area contributed by atoms with Crippen molar-refractivity contribution in [3.05, 3.63) is 23.8 Å². The highest BCUT2D eigenvalue weighted by Gasteiger charge is 1.98. The minimum atomic E-state index is -0.688. The number of anilines is 1. The van der Waals surface area contributed by atoms with E-state index in [1.807, 2.05) is 0 Å².